The first kappa shape index (κ1) is 23.2. The van der Waals surface area contributed by atoms with E-state index in [0.29, 0.717) is 22.0 Å². The molecule has 0 atom stereocenters. The Bertz CT molecular complexity index is 1020. The lowest BCUT2D eigenvalue weighted by Gasteiger charge is -2.17. The highest BCUT2D eigenvalue weighted by Gasteiger charge is 2.20. The highest BCUT2D eigenvalue weighted by atomic mass is 35.5. The van der Waals surface area contributed by atoms with Crippen LogP contribution in [0.15, 0.2) is 35.2 Å². The number of anilines is 1. The van der Waals surface area contributed by atoms with Gasteiger partial charge in [0, 0.05) is 24.8 Å². The molecule has 0 spiro atoms. The second kappa shape index (κ2) is 9.15. The minimum absolute atomic E-state index is 0.150. The van der Waals surface area contributed by atoms with Crippen molar-refractivity contribution in [2.24, 2.45) is 0 Å². The molecule has 0 aliphatic heterocycles. The summed E-state index contributed by atoms with van der Waals surface area (Å²) in [6.45, 7) is 7.42. The first-order valence-electron chi connectivity index (χ1n) is 9.19. The molecule has 0 radical (unpaired) electrons. The largest absolute Gasteiger partial charge is 0.483 e. The van der Waals surface area contributed by atoms with Crippen LogP contribution in [0.3, 0.4) is 0 Å². The molecule has 1 N–H and O–H groups in total. The second-order valence-electron chi connectivity index (χ2n) is 7.40. The van der Waals surface area contributed by atoms with Gasteiger partial charge in [0.1, 0.15) is 5.75 Å². The molecule has 0 unspecified atom stereocenters. The van der Waals surface area contributed by atoms with E-state index < -0.39 is 10.0 Å². The van der Waals surface area contributed by atoms with Crippen molar-refractivity contribution < 1.29 is 17.9 Å². The Morgan fingerprint density at radius 2 is 1.79 bits per heavy atom. The fraction of sp³-hybridized carbons (Fsp3) is 0.381. The topological polar surface area (TPSA) is 75.7 Å². The summed E-state index contributed by atoms with van der Waals surface area (Å²) in [4.78, 5) is 12.5. The van der Waals surface area contributed by atoms with Gasteiger partial charge >= 0.3 is 0 Å². The monoisotopic (exact) mass is 438 g/mol. The van der Waals surface area contributed by atoms with Crippen LogP contribution < -0.4 is 10.1 Å². The number of benzene rings is 2. The lowest BCUT2D eigenvalue weighted by molar-refractivity contribution is -0.118. The van der Waals surface area contributed by atoms with Crippen LogP contribution in [0, 0.1) is 13.8 Å². The Hall–Kier alpha value is -2.09. The standard InChI is InChI=1S/C21H27ClN2O4S/c1-13(2)17-11-18(22)15(4)9-19(17)28-12-21(25)23-16-8-7-14(3)20(10-16)29(26,27)24(5)6/h7-11,13H,12H2,1-6H3,(H,23,25). The van der Waals surface area contributed by atoms with Gasteiger partial charge in [0.15, 0.2) is 6.61 Å². The van der Waals surface area contributed by atoms with Gasteiger partial charge in [0.25, 0.3) is 5.91 Å². The average molecular weight is 439 g/mol. The molecule has 8 heteroatoms. The molecular weight excluding hydrogens is 412 g/mol. The molecule has 6 nitrogen and oxygen atoms in total. The number of amides is 1. The maximum atomic E-state index is 12.4. The van der Waals surface area contributed by atoms with E-state index in [1.54, 1.807) is 19.1 Å². The van der Waals surface area contributed by atoms with Crippen LogP contribution in [0.5, 0.6) is 5.75 Å². The third kappa shape index (κ3) is 5.50. The van der Waals surface area contributed by atoms with Crippen molar-refractivity contribution >= 4 is 33.2 Å². The normalized spacial score (nSPS) is 11.8. The van der Waals surface area contributed by atoms with Crippen molar-refractivity contribution in [1.29, 1.82) is 0 Å². The maximum Gasteiger partial charge on any atom is 0.262 e. The summed E-state index contributed by atoms with van der Waals surface area (Å²) in [6, 6.07) is 8.44. The zero-order valence-electron chi connectivity index (χ0n) is 17.5. The van der Waals surface area contributed by atoms with Crippen LogP contribution >= 0.6 is 11.6 Å². The third-order valence-corrected chi connectivity index (χ3v) is 6.87. The van der Waals surface area contributed by atoms with Crippen LogP contribution in [0.2, 0.25) is 5.02 Å². The molecule has 0 heterocycles. The van der Waals surface area contributed by atoms with E-state index in [1.807, 2.05) is 32.9 Å². The van der Waals surface area contributed by atoms with E-state index in [4.69, 9.17) is 16.3 Å². The minimum Gasteiger partial charge on any atom is -0.483 e. The number of hydrogen-bond acceptors (Lipinski definition) is 4. The number of carbonyl (C=O) groups excluding carboxylic acids is 1. The predicted molar refractivity (Wildman–Crippen MR) is 116 cm³/mol. The SMILES string of the molecule is Cc1cc(OCC(=O)Nc2ccc(C)c(S(=O)(=O)N(C)C)c2)c(C(C)C)cc1Cl. The number of rotatable bonds is 7. The van der Waals surface area contributed by atoms with Gasteiger partial charge < -0.3 is 10.1 Å². The zero-order valence-corrected chi connectivity index (χ0v) is 19.1. The van der Waals surface area contributed by atoms with Crippen molar-refractivity contribution in [3.05, 3.63) is 52.0 Å². The lowest BCUT2D eigenvalue weighted by Crippen LogP contribution is -2.24. The van der Waals surface area contributed by atoms with Gasteiger partial charge in [-0.2, -0.15) is 0 Å². The molecule has 0 aliphatic rings. The zero-order chi connectivity index (χ0) is 21.9. The van der Waals surface area contributed by atoms with Gasteiger partial charge in [0.2, 0.25) is 10.0 Å². The highest BCUT2D eigenvalue weighted by Crippen LogP contribution is 2.32. The molecule has 0 saturated heterocycles. The number of carbonyl (C=O) groups is 1. The van der Waals surface area contributed by atoms with Crippen LogP contribution in [0.25, 0.3) is 0 Å². The smallest absolute Gasteiger partial charge is 0.262 e. The average Bonchev–Trinajstić information content (AvgIpc) is 2.63. The molecule has 0 bridgehead atoms. The molecule has 2 rings (SSSR count). The molecular formula is C21H27ClN2O4S. The van der Waals surface area contributed by atoms with Gasteiger partial charge in [-0.1, -0.05) is 31.5 Å². The van der Waals surface area contributed by atoms with Gasteiger partial charge in [-0.3, -0.25) is 4.79 Å². The molecule has 29 heavy (non-hydrogen) atoms. The van der Waals surface area contributed by atoms with Crippen LogP contribution in [0.4, 0.5) is 5.69 Å². The van der Waals surface area contributed by atoms with E-state index >= 15 is 0 Å². The number of ether oxygens (including phenoxy) is 1. The summed E-state index contributed by atoms with van der Waals surface area (Å²) in [7, 11) is -0.674. The van der Waals surface area contributed by atoms with Crippen molar-refractivity contribution in [2.45, 2.75) is 38.5 Å². The van der Waals surface area contributed by atoms with Crippen LogP contribution in [-0.4, -0.2) is 39.3 Å². The second-order valence-corrected chi connectivity index (χ2v) is 9.93. The Kier molecular flexibility index (Phi) is 7.32. The molecule has 0 fully saturated rings. The summed E-state index contributed by atoms with van der Waals surface area (Å²) in [5.74, 6) is 0.406. The number of aryl methyl sites for hydroxylation is 2. The summed E-state index contributed by atoms with van der Waals surface area (Å²) in [6.07, 6.45) is 0. The summed E-state index contributed by atoms with van der Waals surface area (Å²) in [5.41, 5.74) is 2.78. The highest BCUT2D eigenvalue weighted by molar-refractivity contribution is 7.89. The van der Waals surface area contributed by atoms with Gasteiger partial charge in [-0.05, 0) is 60.7 Å². The summed E-state index contributed by atoms with van der Waals surface area (Å²) >= 11 is 6.20. The van der Waals surface area contributed by atoms with Crippen molar-refractivity contribution in [1.82, 2.24) is 4.31 Å². The van der Waals surface area contributed by atoms with Crippen molar-refractivity contribution in [3.8, 4) is 5.75 Å². The van der Waals surface area contributed by atoms with Gasteiger partial charge in [-0.25, -0.2) is 12.7 Å². The molecule has 0 saturated carbocycles. The minimum atomic E-state index is -3.61. The van der Waals surface area contributed by atoms with Crippen LogP contribution in [0.1, 0.15) is 36.5 Å². The first-order valence-corrected chi connectivity index (χ1v) is 11.0. The fourth-order valence-electron chi connectivity index (χ4n) is 2.74. The number of hydrogen-bond donors (Lipinski definition) is 1. The Labute approximate surface area is 177 Å². The van der Waals surface area contributed by atoms with Gasteiger partial charge in [-0.15, -0.1) is 0 Å². The third-order valence-electron chi connectivity index (χ3n) is 4.50. The van der Waals surface area contributed by atoms with Crippen LogP contribution in [-0.2, 0) is 14.8 Å². The van der Waals surface area contributed by atoms with E-state index in [-0.39, 0.29) is 23.3 Å². The van der Waals surface area contributed by atoms with E-state index in [0.717, 1.165) is 15.4 Å². The van der Waals surface area contributed by atoms with E-state index in [9.17, 15) is 13.2 Å². The first-order chi connectivity index (χ1) is 13.4. The Morgan fingerprint density at radius 1 is 1.14 bits per heavy atom. The number of halogens is 1. The maximum absolute atomic E-state index is 12.4. The molecule has 2 aromatic carbocycles. The number of nitrogens with zero attached hydrogens (tertiary/aromatic N) is 1. The molecule has 158 valence electrons. The number of nitrogens with one attached hydrogen (secondary N) is 1. The van der Waals surface area contributed by atoms with Crippen molar-refractivity contribution in [2.75, 3.05) is 26.0 Å². The van der Waals surface area contributed by atoms with Crippen molar-refractivity contribution in [3.63, 3.8) is 0 Å². The Morgan fingerprint density at radius 3 is 2.38 bits per heavy atom. The lowest BCUT2D eigenvalue weighted by atomic mass is 10.0. The summed E-state index contributed by atoms with van der Waals surface area (Å²) < 4.78 is 31.7. The molecule has 0 aromatic heterocycles. The van der Waals surface area contributed by atoms with E-state index in [2.05, 4.69) is 5.32 Å². The predicted octanol–water partition coefficient (Wildman–Crippen LogP) is 4.35. The van der Waals surface area contributed by atoms with Gasteiger partial charge in [0.05, 0.1) is 4.90 Å². The summed E-state index contributed by atoms with van der Waals surface area (Å²) in [5, 5.41) is 3.35. The Balaban J connectivity index is 2.16. The fourth-order valence-corrected chi connectivity index (χ4v) is 4.06. The molecule has 0 aliphatic carbocycles. The van der Waals surface area contributed by atoms with E-state index in [1.165, 1.54) is 20.2 Å². The number of sulfonamides is 1. The molecule has 1 amide bonds. The quantitative estimate of drug-likeness (QED) is 0.697. The molecule has 2 aromatic rings.